The number of rotatable bonds is 4. The zero-order valence-electron chi connectivity index (χ0n) is 13.1. The summed E-state index contributed by atoms with van der Waals surface area (Å²) < 4.78 is 16.1. The van der Waals surface area contributed by atoms with E-state index in [9.17, 15) is 5.26 Å². The molecular weight excluding hydrogens is 292 g/mol. The first-order valence-corrected chi connectivity index (χ1v) is 7.04. The third-order valence-electron chi connectivity index (χ3n) is 3.77. The summed E-state index contributed by atoms with van der Waals surface area (Å²) in [5.74, 6) is 1.61. The van der Waals surface area contributed by atoms with Crippen LogP contribution in [-0.2, 0) is 0 Å². The Hall–Kier alpha value is -3.13. The number of para-hydroxylation sites is 1. The van der Waals surface area contributed by atoms with Gasteiger partial charge in [-0.15, -0.1) is 0 Å². The fourth-order valence-electron chi connectivity index (χ4n) is 2.70. The average Bonchev–Trinajstić information content (AvgIpc) is 2.98. The van der Waals surface area contributed by atoms with Crippen molar-refractivity contribution in [3.05, 3.63) is 42.0 Å². The second-order valence-electron chi connectivity index (χ2n) is 4.95. The monoisotopic (exact) mass is 308 g/mol. The highest BCUT2D eigenvalue weighted by molar-refractivity contribution is 5.94. The standard InChI is InChI=1S/C18H16N2O3/c1-21-15-8-11(9-16(22-2)18(15)23-3)17-13(10-19)12-6-4-5-7-14(12)20-17/h4-9,20H,1-3H3. The SMILES string of the molecule is COc1cc(-c2[nH]c3ccccc3c2C#N)cc(OC)c1OC. The first kappa shape index (κ1) is 14.8. The molecule has 0 aliphatic carbocycles. The van der Waals surface area contributed by atoms with Gasteiger partial charge in [-0.3, -0.25) is 0 Å². The molecule has 116 valence electrons. The van der Waals surface area contributed by atoms with Gasteiger partial charge in [0.25, 0.3) is 0 Å². The van der Waals surface area contributed by atoms with Crippen LogP contribution >= 0.6 is 0 Å². The minimum absolute atomic E-state index is 0.522. The number of hydrogen-bond donors (Lipinski definition) is 1. The minimum atomic E-state index is 0.522. The quantitative estimate of drug-likeness (QED) is 0.797. The van der Waals surface area contributed by atoms with Gasteiger partial charge in [-0.05, 0) is 18.2 Å². The van der Waals surface area contributed by atoms with Crippen LogP contribution in [0.25, 0.3) is 22.2 Å². The van der Waals surface area contributed by atoms with Gasteiger partial charge in [0, 0.05) is 16.5 Å². The van der Waals surface area contributed by atoms with E-state index in [4.69, 9.17) is 14.2 Å². The summed E-state index contributed by atoms with van der Waals surface area (Å²) >= 11 is 0. The Morgan fingerprint density at radius 1 is 0.957 bits per heavy atom. The van der Waals surface area contributed by atoms with Crippen LogP contribution in [0, 0.1) is 11.3 Å². The van der Waals surface area contributed by atoms with Gasteiger partial charge in [-0.1, -0.05) is 18.2 Å². The molecule has 0 saturated carbocycles. The zero-order valence-corrected chi connectivity index (χ0v) is 13.1. The van der Waals surface area contributed by atoms with Gasteiger partial charge in [-0.25, -0.2) is 0 Å². The minimum Gasteiger partial charge on any atom is -0.493 e. The number of benzene rings is 2. The van der Waals surface area contributed by atoms with Crippen molar-refractivity contribution in [2.75, 3.05) is 21.3 Å². The Balaban J connectivity index is 2.29. The first-order chi connectivity index (χ1) is 11.2. The normalized spacial score (nSPS) is 10.3. The van der Waals surface area contributed by atoms with Crippen molar-refractivity contribution in [1.29, 1.82) is 5.26 Å². The lowest BCUT2D eigenvalue weighted by atomic mass is 10.0. The molecule has 0 unspecified atom stereocenters. The third kappa shape index (κ3) is 2.34. The summed E-state index contributed by atoms with van der Waals surface area (Å²) in [5.41, 5.74) is 3.03. The number of hydrogen-bond acceptors (Lipinski definition) is 4. The van der Waals surface area contributed by atoms with Gasteiger partial charge in [0.15, 0.2) is 11.5 Å². The predicted molar refractivity (Wildman–Crippen MR) is 88.1 cm³/mol. The van der Waals surface area contributed by atoms with Crippen LogP contribution in [-0.4, -0.2) is 26.3 Å². The van der Waals surface area contributed by atoms with E-state index < -0.39 is 0 Å². The Labute approximate surface area is 134 Å². The van der Waals surface area contributed by atoms with Gasteiger partial charge < -0.3 is 19.2 Å². The molecule has 1 aromatic heterocycles. The van der Waals surface area contributed by atoms with E-state index in [1.54, 1.807) is 21.3 Å². The largest absolute Gasteiger partial charge is 0.493 e. The zero-order chi connectivity index (χ0) is 16.4. The maximum atomic E-state index is 9.56. The van der Waals surface area contributed by atoms with Gasteiger partial charge in [-0.2, -0.15) is 5.26 Å². The van der Waals surface area contributed by atoms with Gasteiger partial charge in [0.2, 0.25) is 5.75 Å². The average molecular weight is 308 g/mol. The van der Waals surface area contributed by atoms with Gasteiger partial charge in [0.1, 0.15) is 6.07 Å². The first-order valence-electron chi connectivity index (χ1n) is 7.04. The molecule has 0 radical (unpaired) electrons. The number of ether oxygens (including phenoxy) is 3. The van der Waals surface area contributed by atoms with Crippen molar-refractivity contribution < 1.29 is 14.2 Å². The molecule has 0 atom stereocenters. The highest BCUT2D eigenvalue weighted by Crippen LogP contribution is 2.42. The summed E-state index contributed by atoms with van der Waals surface area (Å²) in [6.07, 6.45) is 0. The van der Waals surface area contributed by atoms with Crippen LogP contribution < -0.4 is 14.2 Å². The van der Waals surface area contributed by atoms with Crippen LogP contribution in [0.5, 0.6) is 17.2 Å². The number of nitriles is 1. The van der Waals surface area contributed by atoms with Gasteiger partial charge in [0.05, 0.1) is 32.6 Å². The number of nitrogens with one attached hydrogen (secondary N) is 1. The molecule has 1 heterocycles. The summed E-state index contributed by atoms with van der Waals surface area (Å²) in [6, 6.07) is 13.6. The number of aromatic amines is 1. The predicted octanol–water partition coefficient (Wildman–Crippen LogP) is 3.73. The molecular formula is C18H16N2O3. The van der Waals surface area contributed by atoms with E-state index in [1.807, 2.05) is 36.4 Å². The van der Waals surface area contributed by atoms with Gasteiger partial charge >= 0.3 is 0 Å². The molecule has 3 aromatic rings. The second-order valence-corrected chi connectivity index (χ2v) is 4.95. The summed E-state index contributed by atoms with van der Waals surface area (Å²) in [4.78, 5) is 3.30. The van der Waals surface area contributed by atoms with Crippen molar-refractivity contribution in [1.82, 2.24) is 4.98 Å². The molecule has 0 spiro atoms. The smallest absolute Gasteiger partial charge is 0.203 e. The number of fused-ring (bicyclic) bond motifs is 1. The van der Waals surface area contributed by atoms with E-state index >= 15 is 0 Å². The third-order valence-corrected chi connectivity index (χ3v) is 3.77. The molecule has 3 rings (SSSR count). The van der Waals surface area contributed by atoms with Crippen LogP contribution in [0.1, 0.15) is 5.56 Å². The summed E-state index contributed by atoms with van der Waals surface area (Å²) in [5, 5.41) is 10.5. The van der Waals surface area contributed by atoms with Crippen molar-refractivity contribution in [2.24, 2.45) is 0 Å². The topological polar surface area (TPSA) is 67.3 Å². The van der Waals surface area contributed by atoms with E-state index in [-0.39, 0.29) is 0 Å². The van der Waals surface area contributed by atoms with Crippen LogP contribution in [0.4, 0.5) is 0 Å². The molecule has 0 amide bonds. The highest BCUT2D eigenvalue weighted by Gasteiger charge is 2.18. The van der Waals surface area contributed by atoms with Crippen molar-refractivity contribution in [3.63, 3.8) is 0 Å². The Bertz CT molecular complexity index is 881. The molecule has 0 fully saturated rings. The second kappa shape index (κ2) is 5.93. The fraction of sp³-hybridized carbons (Fsp3) is 0.167. The molecule has 0 bridgehead atoms. The van der Waals surface area contributed by atoms with Crippen LogP contribution in [0.3, 0.4) is 0 Å². The Kier molecular flexibility index (Phi) is 3.82. The van der Waals surface area contributed by atoms with E-state index in [0.29, 0.717) is 22.8 Å². The van der Waals surface area contributed by atoms with E-state index in [0.717, 1.165) is 22.2 Å². The van der Waals surface area contributed by atoms with Crippen LogP contribution in [0.2, 0.25) is 0 Å². The lowest BCUT2D eigenvalue weighted by Crippen LogP contribution is -1.96. The molecule has 1 N–H and O–H groups in total. The molecule has 23 heavy (non-hydrogen) atoms. The number of aromatic nitrogens is 1. The lowest BCUT2D eigenvalue weighted by Gasteiger charge is -2.13. The number of methoxy groups -OCH3 is 3. The number of nitrogens with zero attached hydrogens (tertiary/aromatic N) is 1. The summed E-state index contributed by atoms with van der Waals surface area (Å²) in [7, 11) is 4.69. The molecule has 2 aromatic carbocycles. The molecule has 5 nitrogen and oxygen atoms in total. The Morgan fingerprint density at radius 2 is 1.61 bits per heavy atom. The molecule has 0 saturated heterocycles. The maximum absolute atomic E-state index is 9.56. The van der Waals surface area contributed by atoms with Crippen molar-refractivity contribution in [2.45, 2.75) is 0 Å². The van der Waals surface area contributed by atoms with Crippen molar-refractivity contribution in [3.8, 4) is 34.6 Å². The van der Waals surface area contributed by atoms with E-state index in [2.05, 4.69) is 11.1 Å². The van der Waals surface area contributed by atoms with Crippen LogP contribution in [0.15, 0.2) is 36.4 Å². The Morgan fingerprint density at radius 3 is 2.17 bits per heavy atom. The fourth-order valence-corrected chi connectivity index (χ4v) is 2.70. The lowest BCUT2D eigenvalue weighted by molar-refractivity contribution is 0.324. The molecule has 0 aliphatic rings. The summed E-state index contributed by atoms with van der Waals surface area (Å²) in [6.45, 7) is 0. The maximum Gasteiger partial charge on any atom is 0.203 e. The molecule has 5 heteroatoms. The number of H-pyrrole nitrogens is 1. The molecule has 0 aliphatic heterocycles. The van der Waals surface area contributed by atoms with E-state index in [1.165, 1.54) is 0 Å². The van der Waals surface area contributed by atoms with Crippen molar-refractivity contribution >= 4 is 10.9 Å². The highest BCUT2D eigenvalue weighted by atomic mass is 16.5.